The first-order valence-electron chi connectivity index (χ1n) is 8.81. The van der Waals surface area contributed by atoms with Crippen LogP contribution in [0.15, 0.2) is 49.9 Å². The van der Waals surface area contributed by atoms with Crippen LogP contribution in [0.3, 0.4) is 0 Å². The molecule has 0 saturated heterocycles. The molecule has 0 atom stereocenters. The van der Waals surface area contributed by atoms with Crippen LogP contribution in [-0.4, -0.2) is 40.3 Å². The summed E-state index contributed by atoms with van der Waals surface area (Å²) in [5.74, 6) is 3.80. The van der Waals surface area contributed by atoms with E-state index in [1.807, 2.05) is 29.6 Å². The van der Waals surface area contributed by atoms with E-state index >= 15 is 0 Å². The summed E-state index contributed by atoms with van der Waals surface area (Å²) in [6.45, 7) is 0. The number of benzene rings is 1. The number of nitrogens with zero attached hydrogens (tertiary/aromatic N) is 4. The van der Waals surface area contributed by atoms with Crippen LogP contribution < -0.4 is 9.47 Å². The van der Waals surface area contributed by atoms with Gasteiger partial charge in [-0.1, -0.05) is 23.0 Å². The molecule has 0 spiro atoms. The molecule has 4 rings (SSSR count). The zero-order chi connectivity index (χ0) is 20.1. The maximum Gasteiger partial charge on any atom is 0.276 e. The minimum Gasteiger partial charge on any atom is -0.497 e. The van der Waals surface area contributed by atoms with Gasteiger partial charge < -0.3 is 18.4 Å². The van der Waals surface area contributed by atoms with Gasteiger partial charge in [0.25, 0.3) is 5.22 Å². The number of ether oxygens (including phenoxy) is 2. The maximum atomic E-state index is 5.75. The van der Waals surface area contributed by atoms with Gasteiger partial charge >= 0.3 is 0 Å². The van der Waals surface area contributed by atoms with Crippen molar-refractivity contribution in [1.82, 2.24) is 20.3 Å². The van der Waals surface area contributed by atoms with Gasteiger partial charge in [-0.2, -0.15) is 4.98 Å². The molecule has 0 radical (unpaired) electrons. The molecule has 8 nitrogen and oxygen atoms in total. The Bertz CT molecular complexity index is 1040. The monoisotopic (exact) mass is 430 g/mol. The van der Waals surface area contributed by atoms with Crippen molar-refractivity contribution in [2.75, 3.05) is 20.0 Å². The van der Waals surface area contributed by atoms with Crippen LogP contribution >= 0.6 is 23.1 Å². The Morgan fingerprint density at radius 1 is 1.10 bits per heavy atom. The van der Waals surface area contributed by atoms with E-state index in [0.29, 0.717) is 40.7 Å². The normalized spacial score (nSPS) is 11.0. The van der Waals surface area contributed by atoms with Crippen LogP contribution in [0.1, 0.15) is 12.3 Å². The van der Waals surface area contributed by atoms with E-state index in [-0.39, 0.29) is 0 Å². The minimum absolute atomic E-state index is 0.419. The van der Waals surface area contributed by atoms with Crippen molar-refractivity contribution in [2.45, 2.75) is 18.1 Å². The number of hydrogen-bond acceptors (Lipinski definition) is 10. The van der Waals surface area contributed by atoms with Crippen molar-refractivity contribution in [3.8, 4) is 33.7 Å². The lowest BCUT2D eigenvalue weighted by molar-refractivity contribution is 0.378. The molecule has 0 saturated carbocycles. The van der Waals surface area contributed by atoms with E-state index < -0.39 is 0 Å². The third-order valence-electron chi connectivity index (χ3n) is 3.98. The molecule has 0 unspecified atom stereocenters. The van der Waals surface area contributed by atoms with Crippen LogP contribution in [-0.2, 0) is 6.42 Å². The third-order valence-corrected chi connectivity index (χ3v) is 5.75. The van der Waals surface area contributed by atoms with Crippen molar-refractivity contribution in [2.24, 2.45) is 0 Å². The third kappa shape index (κ3) is 4.77. The number of thioether (sulfide) groups is 1. The number of thiophene rings is 1. The molecule has 3 aromatic heterocycles. The van der Waals surface area contributed by atoms with Gasteiger partial charge in [-0.3, -0.25) is 0 Å². The lowest BCUT2D eigenvalue weighted by atomic mass is 10.2. The topological polar surface area (TPSA) is 96.3 Å². The maximum absolute atomic E-state index is 5.75. The first-order chi connectivity index (χ1) is 14.2. The zero-order valence-electron chi connectivity index (χ0n) is 15.8. The Morgan fingerprint density at radius 2 is 1.93 bits per heavy atom. The van der Waals surface area contributed by atoms with E-state index in [1.54, 1.807) is 31.6 Å². The Hall–Kier alpha value is -2.85. The Kier molecular flexibility index (Phi) is 6.11. The molecule has 4 aromatic rings. The summed E-state index contributed by atoms with van der Waals surface area (Å²) < 4.78 is 21.6. The highest BCUT2D eigenvalue weighted by Crippen LogP contribution is 2.30. The molecule has 0 N–H and O–H groups in total. The molecule has 29 heavy (non-hydrogen) atoms. The van der Waals surface area contributed by atoms with Gasteiger partial charge in [0.1, 0.15) is 11.5 Å². The first kappa shape index (κ1) is 19.5. The van der Waals surface area contributed by atoms with Crippen LogP contribution in [0.25, 0.3) is 22.2 Å². The van der Waals surface area contributed by atoms with Crippen LogP contribution in [0.5, 0.6) is 11.5 Å². The summed E-state index contributed by atoms with van der Waals surface area (Å²) in [7, 11) is 3.20. The average molecular weight is 431 g/mol. The highest BCUT2D eigenvalue weighted by molar-refractivity contribution is 7.99. The summed E-state index contributed by atoms with van der Waals surface area (Å²) in [5.41, 5.74) is 0.743. The molecular weight excluding hydrogens is 412 g/mol. The quantitative estimate of drug-likeness (QED) is 0.279. The van der Waals surface area contributed by atoms with Gasteiger partial charge in [0, 0.05) is 23.8 Å². The summed E-state index contributed by atoms with van der Waals surface area (Å²) in [6.07, 6.45) is 1.54. The number of methoxy groups -OCH3 is 2. The van der Waals surface area contributed by atoms with Crippen molar-refractivity contribution in [3.63, 3.8) is 0 Å². The Labute approximate surface area is 175 Å². The van der Waals surface area contributed by atoms with Crippen LogP contribution in [0.2, 0.25) is 0 Å². The van der Waals surface area contributed by atoms with Gasteiger partial charge in [0.05, 0.1) is 19.1 Å². The molecule has 0 bridgehead atoms. The van der Waals surface area contributed by atoms with Crippen molar-refractivity contribution >= 4 is 23.1 Å². The molecular formula is C19H18N4O4S2. The molecule has 0 fully saturated rings. The predicted octanol–water partition coefficient (Wildman–Crippen LogP) is 4.59. The molecule has 0 aliphatic rings. The molecule has 0 amide bonds. The van der Waals surface area contributed by atoms with Gasteiger partial charge in [0.15, 0.2) is 0 Å². The van der Waals surface area contributed by atoms with Crippen molar-refractivity contribution < 1.29 is 18.4 Å². The van der Waals surface area contributed by atoms with Gasteiger partial charge in [-0.25, -0.2) is 0 Å². The number of rotatable bonds is 9. The Balaban J connectivity index is 1.31. The smallest absolute Gasteiger partial charge is 0.276 e. The van der Waals surface area contributed by atoms with Crippen LogP contribution in [0, 0.1) is 0 Å². The second-order valence-corrected chi connectivity index (χ2v) is 7.91. The van der Waals surface area contributed by atoms with Crippen LogP contribution in [0.4, 0.5) is 0 Å². The fraction of sp³-hybridized carbons (Fsp3) is 0.263. The summed E-state index contributed by atoms with van der Waals surface area (Å²) in [6, 6.07) is 9.38. The lowest BCUT2D eigenvalue weighted by Crippen LogP contribution is -1.88. The second-order valence-electron chi connectivity index (χ2n) is 5.92. The fourth-order valence-electron chi connectivity index (χ4n) is 2.56. The fourth-order valence-corrected chi connectivity index (χ4v) is 3.91. The number of aromatic nitrogens is 4. The largest absolute Gasteiger partial charge is 0.497 e. The molecule has 3 heterocycles. The van der Waals surface area contributed by atoms with Crippen molar-refractivity contribution in [3.05, 3.63) is 41.6 Å². The summed E-state index contributed by atoms with van der Waals surface area (Å²) in [4.78, 5) is 5.42. The SMILES string of the molecule is COc1cc(OC)cc(-c2nnc(SCCCc3nc(-c4cccs4)no3)o2)c1. The summed E-state index contributed by atoms with van der Waals surface area (Å²) in [5, 5.41) is 14.7. The van der Waals surface area contributed by atoms with E-state index in [1.165, 1.54) is 11.8 Å². The highest BCUT2D eigenvalue weighted by atomic mass is 32.2. The molecule has 0 aliphatic carbocycles. The second kappa shape index (κ2) is 9.10. The zero-order valence-corrected chi connectivity index (χ0v) is 17.5. The van der Waals surface area contributed by atoms with E-state index in [2.05, 4.69) is 20.3 Å². The van der Waals surface area contributed by atoms with Gasteiger partial charge in [-0.15, -0.1) is 21.5 Å². The minimum atomic E-state index is 0.419. The summed E-state index contributed by atoms with van der Waals surface area (Å²) >= 11 is 3.08. The van der Waals surface area contributed by atoms with Crippen molar-refractivity contribution in [1.29, 1.82) is 0 Å². The standard InChI is InChI=1S/C19H18N4O4S2/c1-24-13-9-12(10-14(11-13)25-2)18-21-22-19(26-18)29-8-4-6-16-20-17(23-27-16)15-5-3-7-28-15/h3,5,7,9-11H,4,6,8H2,1-2H3. The Morgan fingerprint density at radius 3 is 2.66 bits per heavy atom. The molecule has 10 heteroatoms. The molecule has 1 aromatic carbocycles. The molecule has 0 aliphatic heterocycles. The first-order valence-corrected chi connectivity index (χ1v) is 10.7. The number of aryl methyl sites for hydroxylation is 1. The van der Waals surface area contributed by atoms with Gasteiger partial charge in [0.2, 0.25) is 17.6 Å². The van der Waals surface area contributed by atoms with E-state index in [4.69, 9.17) is 18.4 Å². The van der Waals surface area contributed by atoms with E-state index in [0.717, 1.165) is 22.6 Å². The lowest BCUT2D eigenvalue weighted by Gasteiger charge is -2.05. The predicted molar refractivity (Wildman–Crippen MR) is 109 cm³/mol. The van der Waals surface area contributed by atoms with E-state index in [9.17, 15) is 0 Å². The number of hydrogen-bond donors (Lipinski definition) is 0. The van der Waals surface area contributed by atoms with Gasteiger partial charge in [-0.05, 0) is 30.0 Å². The highest BCUT2D eigenvalue weighted by Gasteiger charge is 2.13. The average Bonchev–Trinajstić information content (AvgIpc) is 3.52. The molecule has 150 valence electrons.